The molecule has 1 aliphatic rings. The summed E-state index contributed by atoms with van der Waals surface area (Å²) in [6, 6.07) is 17.8. The van der Waals surface area contributed by atoms with Crippen molar-refractivity contribution in [3.8, 4) is 11.1 Å². The molecule has 6 heteroatoms. The number of nitrogens with zero attached hydrogens (tertiary/aromatic N) is 3. The van der Waals surface area contributed by atoms with Crippen LogP contribution in [0.15, 0.2) is 67.0 Å². The summed E-state index contributed by atoms with van der Waals surface area (Å²) >= 11 is 5.92. The number of rotatable bonds is 6. The highest BCUT2D eigenvalue weighted by molar-refractivity contribution is 6.30. The van der Waals surface area contributed by atoms with Crippen LogP contribution in [0, 0.1) is 5.92 Å². The molecule has 1 fully saturated rings. The zero-order valence-electron chi connectivity index (χ0n) is 16.8. The van der Waals surface area contributed by atoms with Gasteiger partial charge in [-0.1, -0.05) is 54.1 Å². The van der Waals surface area contributed by atoms with Crippen molar-refractivity contribution in [1.29, 1.82) is 0 Å². The Balaban J connectivity index is 1.31. The van der Waals surface area contributed by atoms with Crippen molar-refractivity contribution in [3.05, 3.63) is 77.6 Å². The van der Waals surface area contributed by atoms with Crippen molar-refractivity contribution in [2.45, 2.75) is 19.3 Å². The molecule has 5 nitrogen and oxygen atoms in total. The fourth-order valence-corrected chi connectivity index (χ4v) is 3.89. The number of carbonyl (C=O) groups excluding carboxylic acids is 1. The summed E-state index contributed by atoms with van der Waals surface area (Å²) in [4.78, 5) is 23.9. The van der Waals surface area contributed by atoms with Crippen LogP contribution in [0.1, 0.15) is 18.4 Å². The summed E-state index contributed by atoms with van der Waals surface area (Å²) in [7, 11) is 0. The van der Waals surface area contributed by atoms with E-state index in [9.17, 15) is 4.79 Å². The van der Waals surface area contributed by atoms with Crippen LogP contribution in [0.4, 0.5) is 5.95 Å². The molecular formula is C24H25ClN4O. The maximum absolute atomic E-state index is 12.7. The van der Waals surface area contributed by atoms with Crippen LogP contribution in [0.5, 0.6) is 0 Å². The fourth-order valence-electron chi connectivity index (χ4n) is 3.76. The van der Waals surface area contributed by atoms with Gasteiger partial charge in [-0.15, -0.1) is 0 Å². The molecule has 1 aromatic heterocycles. The standard InChI is InChI=1S/C24H25ClN4O/c25-22-10-8-18(9-11-22)12-13-26-23(30)20-7-4-14-29(17-20)24-27-15-21(16-28-24)19-5-2-1-3-6-19/h1-3,5-6,8-11,15-16,20H,4,7,12-14,17H2,(H,26,30). The van der Waals surface area contributed by atoms with Gasteiger partial charge < -0.3 is 10.2 Å². The molecular weight excluding hydrogens is 396 g/mol. The lowest BCUT2D eigenvalue weighted by molar-refractivity contribution is -0.125. The highest BCUT2D eigenvalue weighted by Crippen LogP contribution is 2.23. The zero-order chi connectivity index (χ0) is 20.8. The van der Waals surface area contributed by atoms with Crippen molar-refractivity contribution in [2.75, 3.05) is 24.5 Å². The van der Waals surface area contributed by atoms with Crippen molar-refractivity contribution in [1.82, 2.24) is 15.3 Å². The van der Waals surface area contributed by atoms with E-state index in [0.29, 0.717) is 19.0 Å². The van der Waals surface area contributed by atoms with Gasteiger partial charge in [-0.3, -0.25) is 4.79 Å². The van der Waals surface area contributed by atoms with Gasteiger partial charge in [-0.25, -0.2) is 9.97 Å². The number of amides is 1. The fraction of sp³-hybridized carbons (Fsp3) is 0.292. The van der Waals surface area contributed by atoms with Crippen LogP contribution < -0.4 is 10.2 Å². The van der Waals surface area contributed by atoms with Gasteiger partial charge in [-0.05, 0) is 42.5 Å². The van der Waals surface area contributed by atoms with Crippen molar-refractivity contribution < 1.29 is 4.79 Å². The predicted molar refractivity (Wildman–Crippen MR) is 121 cm³/mol. The number of carbonyl (C=O) groups is 1. The Kier molecular flexibility index (Phi) is 6.60. The van der Waals surface area contributed by atoms with Gasteiger partial charge in [0.15, 0.2) is 0 Å². The third kappa shape index (κ3) is 5.16. The second-order valence-corrected chi connectivity index (χ2v) is 8.03. The lowest BCUT2D eigenvalue weighted by Gasteiger charge is -2.32. The Labute approximate surface area is 182 Å². The number of piperidine rings is 1. The molecule has 0 saturated carbocycles. The summed E-state index contributed by atoms with van der Waals surface area (Å²) in [6.07, 6.45) is 6.36. The Morgan fingerprint density at radius 1 is 1.03 bits per heavy atom. The molecule has 1 atom stereocenters. The molecule has 3 aromatic rings. The van der Waals surface area contributed by atoms with Crippen LogP contribution in [-0.4, -0.2) is 35.5 Å². The molecule has 30 heavy (non-hydrogen) atoms. The van der Waals surface area contributed by atoms with Gasteiger partial charge in [0.2, 0.25) is 11.9 Å². The summed E-state index contributed by atoms with van der Waals surface area (Å²) in [5.74, 6) is 0.754. The number of nitrogens with one attached hydrogen (secondary N) is 1. The monoisotopic (exact) mass is 420 g/mol. The van der Waals surface area contributed by atoms with Crippen molar-refractivity contribution in [3.63, 3.8) is 0 Å². The Hall–Kier alpha value is -2.92. The highest BCUT2D eigenvalue weighted by atomic mass is 35.5. The lowest BCUT2D eigenvalue weighted by atomic mass is 9.97. The average Bonchev–Trinajstić information content (AvgIpc) is 2.81. The molecule has 0 spiro atoms. The molecule has 4 rings (SSSR count). The van der Waals surface area contributed by atoms with Crippen LogP contribution in [0.25, 0.3) is 11.1 Å². The number of anilines is 1. The quantitative estimate of drug-likeness (QED) is 0.643. The Bertz CT molecular complexity index is 961. The lowest BCUT2D eigenvalue weighted by Crippen LogP contribution is -2.44. The number of benzene rings is 2. The largest absolute Gasteiger partial charge is 0.355 e. The van der Waals surface area contributed by atoms with Crippen LogP contribution >= 0.6 is 11.6 Å². The van der Waals surface area contributed by atoms with Gasteiger partial charge in [0, 0.05) is 42.6 Å². The molecule has 2 aromatic carbocycles. The smallest absolute Gasteiger partial charge is 0.225 e. The minimum atomic E-state index is -0.0404. The summed E-state index contributed by atoms with van der Waals surface area (Å²) in [5.41, 5.74) is 3.25. The SMILES string of the molecule is O=C(NCCc1ccc(Cl)cc1)C1CCCN(c2ncc(-c3ccccc3)cn2)C1. The molecule has 2 heterocycles. The molecule has 0 aliphatic carbocycles. The summed E-state index contributed by atoms with van der Waals surface area (Å²) in [5, 5.41) is 3.80. The molecule has 0 radical (unpaired) electrons. The molecule has 1 unspecified atom stereocenters. The molecule has 1 saturated heterocycles. The second-order valence-electron chi connectivity index (χ2n) is 7.59. The predicted octanol–water partition coefficient (Wildman–Crippen LogP) is 4.37. The number of hydrogen-bond donors (Lipinski definition) is 1. The van der Waals surface area contributed by atoms with E-state index in [1.165, 1.54) is 0 Å². The van der Waals surface area contributed by atoms with E-state index >= 15 is 0 Å². The maximum Gasteiger partial charge on any atom is 0.225 e. The number of halogens is 1. The Morgan fingerprint density at radius 3 is 2.50 bits per heavy atom. The number of aromatic nitrogens is 2. The summed E-state index contributed by atoms with van der Waals surface area (Å²) < 4.78 is 0. The van der Waals surface area contributed by atoms with Gasteiger partial charge >= 0.3 is 0 Å². The zero-order valence-corrected chi connectivity index (χ0v) is 17.6. The molecule has 1 amide bonds. The molecule has 1 N–H and O–H groups in total. The van der Waals surface area contributed by atoms with E-state index in [0.717, 1.165) is 47.5 Å². The third-order valence-corrected chi connectivity index (χ3v) is 5.70. The first-order valence-electron chi connectivity index (χ1n) is 10.3. The van der Waals surface area contributed by atoms with E-state index in [1.807, 2.05) is 67.0 Å². The third-order valence-electron chi connectivity index (χ3n) is 5.45. The van der Waals surface area contributed by atoms with Gasteiger partial charge in [0.1, 0.15) is 0 Å². The van der Waals surface area contributed by atoms with Crippen LogP contribution in [0.2, 0.25) is 5.02 Å². The second kappa shape index (κ2) is 9.72. The highest BCUT2D eigenvalue weighted by Gasteiger charge is 2.26. The van der Waals surface area contributed by atoms with E-state index < -0.39 is 0 Å². The summed E-state index contributed by atoms with van der Waals surface area (Å²) in [6.45, 7) is 2.15. The van der Waals surface area contributed by atoms with E-state index in [-0.39, 0.29) is 11.8 Å². The molecule has 0 bridgehead atoms. The Morgan fingerprint density at radius 2 is 1.77 bits per heavy atom. The first-order valence-corrected chi connectivity index (χ1v) is 10.7. The van der Waals surface area contributed by atoms with E-state index in [4.69, 9.17) is 11.6 Å². The van der Waals surface area contributed by atoms with Crippen LogP contribution in [0.3, 0.4) is 0 Å². The molecule has 154 valence electrons. The first-order chi connectivity index (χ1) is 14.7. The topological polar surface area (TPSA) is 58.1 Å². The van der Waals surface area contributed by atoms with Crippen molar-refractivity contribution in [2.24, 2.45) is 5.92 Å². The molecule has 1 aliphatic heterocycles. The average molecular weight is 421 g/mol. The van der Waals surface area contributed by atoms with Gasteiger partial charge in [0.05, 0.1) is 5.92 Å². The minimum absolute atomic E-state index is 0.0404. The van der Waals surface area contributed by atoms with Gasteiger partial charge in [-0.2, -0.15) is 0 Å². The maximum atomic E-state index is 12.7. The normalized spacial score (nSPS) is 16.3. The van der Waals surface area contributed by atoms with Gasteiger partial charge in [0.25, 0.3) is 0 Å². The van der Waals surface area contributed by atoms with E-state index in [1.54, 1.807) is 0 Å². The van der Waals surface area contributed by atoms with Crippen molar-refractivity contribution >= 4 is 23.5 Å². The minimum Gasteiger partial charge on any atom is -0.355 e. The van der Waals surface area contributed by atoms with E-state index in [2.05, 4.69) is 20.2 Å². The first kappa shape index (κ1) is 20.4. The van der Waals surface area contributed by atoms with Crippen LogP contribution in [-0.2, 0) is 11.2 Å². The number of hydrogen-bond acceptors (Lipinski definition) is 4.